The van der Waals surface area contributed by atoms with E-state index in [1.165, 1.54) is 0 Å². The Hall–Kier alpha value is -1.24. The van der Waals surface area contributed by atoms with E-state index in [1.807, 2.05) is 0 Å². The van der Waals surface area contributed by atoms with Crippen molar-refractivity contribution in [2.24, 2.45) is 0 Å². The summed E-state index contributed by atoms with van der Waals surface area (Å²) in [6.07, 6.45) is -1.92. The minimum Gasteiger partial charge on any atom is -0.478 e. The summed E-state index contributed by atoms with van der Waals surface area (Å²) in [5, 5.41) is 8.70. The molecule has 0 bridgehead atoms. The van der Waals surface area contributed by atoms with E-state index in [1.54, 1.807) is 11.8 Å². The predicted octanol–water partition coefficient (Wildman–Crippen LogP) is 1.94. The minimum absolute atomic E-state index is 0.0744. The number of hydrogen-bond acceptors (Lipinski definition) is 4. The molecular weight excluding hydrogens is 238 g/mol. The second kappa shape index (κ2) is 4.32. The second-order valence-corrected chi connectivity index (χ2v) is 4.44. The van der Waals surface area contributed by atoms with E-state index < -0.39 is 23.7 Å². The van der Waals surface area contributed by atoms with Crippen LogP contribution in [0.3, 0.4) is 0 Å². The maximum atomic E-state index is 12.6. The zero-order chi connectivity index (χ0) is 11.7. The Morgan fingerprint density at radius 2 is 2.25 bits per heavy atom. The van der Waals surface area contributed by atoms with Crippen LogP contribution in [0.4, 0.5) is 8.78 Å². The van der Waals surface area contributed by atoms with Crippen molar-refractivity contribution in [3.05, 3.63) is 23.3 Å². The third kappa shape index (κ3) is 1.99. The maximum absolute atomic E-state index is 12.6. The van der Waals surface area contributed by atoms with Gasteiger partial charge in [-0.2, -0.15) is 11.8 Å². The summed E-state index contributed by atoms with van der Waals surface area (Å²) in [6.45, 7) is 0. The van der Waals surface area contributed by atoms with E-state index in [4.69, 9.17) is 5.11 Å². The number of nitrogens with zero attached hydrogens (tertiary/aromatic N) is 2. The van der Waals surface area contributed by atoms with Gasteiger partial charge in [-0.3, -0.25) is 0 Å². The van der Waals surface area contributed by atoms with Crippen LogP contribution in [-0.4, -0.2) is 32.5 Å². The highest BCUT2D eigenvalue weighted by Gasteiger charge is 2.27. The predicted molar refractivity (Wildman–Crippen MR) is 54.0 cm³/mol. The molecule has 0 unspecified atom stereocenters. The summed E-state index contributed by atoms with van der Waals surface area (Å²) in [4.78, 5) is 18.2. The van der Waals surface area contributed by atoms with Crippen molar-refractivity contribution in [1.29, 1.82) is 0 Å². The van der Waals surface area contributed by atoms with Gasteiger partial charge < -0.3 is 5.11 Å². The van der Waals surface area contributed by atoms with Crippen molar-refractivity contribution in [2.45, 2.75) is 12.3 Å². The SMILES string of the molecule is O=C(O)c1cnc(C2CSC2)nc1C(F)F. The van der Waals surface area contributed by atoms with Crippen molar-refractivity contribution in [1.82, 2.24) is 9.97 Å². The topological polar surface area (TPSA) is 63.1 Å². The first kappa shape index (κ1) is 11.3. The van der Waals surface area contributed by atoms with Gasteiger partial charge in [0.05, 0.1) is 0 Å². The van der Waals surface area contributed by atoms with Crippen LogP contribution in [-0.2, 0) is 0 Å². The number of aromatic carboxylic acids is 1. The normalized spacial score (nSPS) is 16.2. The summed E-state index contributed by atoms with van der Waals surface area (Å²) in [5.74, 6) is 0.568. The van der Waals surface area contributed by atoms with Crippen LogP contribution in [0.1, 0.15) is 34.2 Å². The summed E-state index contributed by atoms with van der Waals surface area (Å²) in [7, 11) is 0. The fourth-order valence-electron chi connectivity index (χ4n) is 1.32. The average Bonchev–Trinajstić information content (AvgIpc) is 2.14. The number of carboxylic acids is 1. The molecule has 7 heteroatoms. The Bertz CT molecular complexity index is 424. The van der Waals surface area contributed by atoms with Gasteiger partial charge in [0.25, 0.3) is 6.43 Å². The number of alkyl halides is 2. The highest BCUT2D eigenvalue weighted by molar-refractivity contribution is 8.00. The highest BCUT2D eigenvalue weighted by Crippen LogP contribution is 2.33. The Balaban J connectivity index is 2.38. The molecule has 2 heterocycles. The number of rotatable bonds is 3. The Morgan fingerprint density at radius 3 is 2.69 bits per heavy atom. The molecule has 16 heavy (non-hydrogen) atoms. The zero-order valence-corrected chi connectivity index (χ0v) is 8.88. The molecule has 1 aromatic heterocycles. The molecule has 1 aromatic rings. The van der Waals surface area contributed by atoms with Gasteiger partial charge in [0, 0.05) is 23.6 Å². The molecule has 2 rings (SSSR count). The maximum Gasteiger partial charge on any atom is 0.339 e. The summed E-state index contributed by atoms with van der Waals surface area (Å²) < 4.78 is 25.2. The van der Waals surface area contributed by atoms with E-state index in [9.17, 15) is 13.6 Å². The van der Waals surface area contributed by atoms with Gasteiger partial charge >= 0.3 is 5.97 Å². The molecule has 0 aromatic carbocycles. The molecule has 0 amide bonds. The summed E-state index contributed by atoms with van der Waals surface area (Å²) >= 11 is 1.68. The number of carboxylic acid groups (broad SMARTS) is 1. The lowest BCUT2D eigenvalue weighted by atomic mass is 10.1. The van der Waals surface area contributed by atoms with Crippen LogP contribution < -0.4 is 0 Å². The monoisotopic (exact) mass is 246 g/mol. The average molecular weight is 246 g/mol. The molecule has 1 aliphatic heterocycles. The van der Waals surface area contributed by atoms with Crippen molar-refractivity contribution >= 4 is 17.7 Å². The van der Waals surface area contributed by atoms with Crippen LogP contribution in [0.5, 0.6) is 0 Å². The van der Waals surface area contributed by atoms with E-state index >= 15 is 0 Å². The first-order valence-corrected chi connectivity index (χ1v) is 5.71. The quantitative estimate of drug-likeness (QED) is 0.883. The number of hydrogen-bond donors (Lipinski definition) is 1. The fraction of sp³-hybridized carbons (Fsp3) is 0.444. The number of carbonyl (C=O) groups is 1. The van der Waals surface area contributed by atoms with Gasteiger partial charge in [0.2, 0.25) is 0 Å². The minimum atomic E-state index is -2.89. The first-order chi connectivity index (χ1) is 7.59. The lowest BCUT2D eigenvalue weighted by Crippen LogP contribution is -2.20. The fourth-order valence-corrected chi connectivity index (χ4v) is 2.09. The van der Waals surface area contributed by atoms with E-state index in [0.29, 0.717) is 5.82 Å². The largest absolute Gasteiger partial charge is 0.478 e. The second-order valence-electron chi connectivity index (χ2n) is 3.37. The van der Waals surface area contributed by atoms with E-state index in [2.05, 4.69) is 9.97 Å². The molecule has 1 fully saturated rings. The van der Waals surface area contributed by atoms with E-state index in [-0.39, 0.29) is 5.92 Å². The summed E-state index contributed by atoms with van der Waals surface area (Å²) in [5.41, 5.74) is -1.21. The molecule has 0 saturated carbocycles. The van der Waals surface area contributed by atoms with Crippen molar-refractivity contribution in [2.75, 3.05) is 11.5 Å². The molecule has 4 nitrogen and oxygen atoms in total. The van der Waals surface area contributed by atoms with Gasteiger partial charge in [-0.1, -0.05) is 0 Å². The van der Waals surface area contributed by atoms with Gasteiger partial charge in [-0.15, -0.1) is 0 Å². The van der Waals surface area contributed by atoms with Gasteiger partial charge in [-0.25, -0.2) is 23.5 Å². The number of thioether (sulfide) groups is 1. The van der Waals surface area contributed by atoms with Gasteiger partial charge in [0.1, 0.15) is 17.1 Å². The van der Waals surface area contributed by atoms with Gasteiger partial charge in [-0.05, 0) is 0 Å². The molecule has 0 aliphatic carbocycles. The third-order valence-corrected chi connectivity index (χ3v) is 3.55. The summed E-state index contributed by atoms with van der Waals surface area (Å²) in [6, 6.07) is 0. The standard InChI is InChI=1S/C9H8F2N2O2S/c10-7(11)6-5(9(14)15)1-12-8(13-6)4-2-16-3-4/h1,4,7H,2-3H2,(H,14,15). The third-order valence-electron chi connectivity index (χ3n) is 2.28. The first-order valence-electron chi connectivity index (χ1n) is 4.55. The highest BCUT2D eigenvalue weighted by atomic mass is 32.2. The number of aromatic nitrogens is 2. The van der Waals surface area contributed by atoms with Crippen LogP contribution in [0.2, 0.25) is 0 Å². The molecular formula is C9H8F2N2O2S. The van der Waals surface area contributed by atoms with Crippen LogP contribution >= 0.6 is 11.8 Å². The molecule has 1 saturated heterocycles. The molecule has 86 valence electrons. The van der Waals surface area contributed by atoms with Gasteiger partial charge in [0.15, 0.2) is 0 Å². The van der Waals surface area contributed by atoms with Crippen molar-refractivity contribution in [3.8, 4) is 0 Å². The molecule has 0 atom stereocenters. The lowest BCUT2D eigenvalue weighted by Gasteiger charge is -2.23. The van der Waals surface area contributed by atoms with Crippen LogP contribution in [0, 0.1) is 0 Å². The molecule has 0 radical (unpaired) electrons. The zero-order valence-electron chi connectivity index (χ0n) is 8.06. The van der Waals surface area contributed by atoms with E-state index in [0.717, 1.165) is 17.7 Å². The molecule has 1 N–H and O–H groups in total. The van der Waals surface area contributed by atoms with Crippen LogP contribution in [0.15, 0.2) is 6.20 Å². The Morgan fingerprint density at radius 1 is 1.56 bits per heavy atom. The molecule has 0 spiro atoms. The lowest BCUT2D eigenvalue weighted by molar-refractivity contribution is 0.0681. The van der Waals surface area contributed by atoms with Crippen molar-refractivity contribution in [3.63, 3.8) is 0 Å². The smallest absolute Gasteiger partial charge is 0.339 e. The Labute approximate surface area is 94.1 Å². The molecule has 1 aliphatic rings. The van der Waals surface area contributed by atoms with Crippen molar-refractivity contribution < 1.29 is 18.7 Å². The Kier molecular flexibility index (Phi) is 3.04. The van der Waals surface area contributed by atoms with Crippen LogP contribution in [0.25, 0.3) is 0 Å². The number of halogens is 2.